The van der Waals surface area contributed by atoms with Crippen LogP contribution < -0.4 is 15.5 Å². The molecule has 1 fully saturated rings. The summed E-state index contributed by atoms with van der Waals surface area (Å²) in [6.45, 7) is 5.00. The number of aromatic nitrogens is 1. The molecular weight excluding hydrogens is 458 g/mol. The van der Waals surface area contributed by atoms with Gasteiger partial charge in [0.15, 0.2) is 0 Å². The molecule has 1 aliphatic heterocycles. The SMILES string of the molecule is CCC1CCCCN1C(=O)c1cn(Cc2cccc(OC)c2)cc(C(=O)NCc2ccc(C)o2)c1=O. The topological polar surface area (TPSA) is 93.8 Å². The standard InChI is InChI=1S/C28H33N3O5/c1-4-21-9-5-6-13-31(21)28(34)25-18-30(16-20-8-7-10-22(14-20)35-3)17-24(26(25)32)27(33)29-15-23-12-11-19(2)36-23/h7-8,10-12,14,17-18,21H,4-6,9,13,15-16H2,1-3H3,(H,29,33). The molecule has 1 unspecified atom stereocenters. The molecule has 3 aromatic rings. The second-order valence-electron chi connectivity index (χ2n) is 9.19. The van der Waals surface area contributed by atoms with Crippen molar-refractivity contribution in [1.82, 2.24) is 14.8 Å². The highest BCUT2D eigenvalue weighted by Gasteiger charge is 2.29. The minimum Gasteiger partial charge on any atom is -0.497 e. The van der Waals surface area contributed by atoms with Gasteiger partial charge in [-0.2, -0.15) is 0 Å². The van der Waals surface area contributed by atoms with Gasteiger partial charge in [0.2, 0.25) is 5.43 Å². The highest BCUT2D eigenvalue weighted by atomic mass is 16.5. The van der Waals surface area contributed by atoms with Gasteiger partial charge < -0.3 is 23.9 Å². The Bertz CT molecular complexity index is 1290. The molecule has 0 radical (unpaired) electrons. The van der Waals surface area contributed by atoms with Gasteiger partial charge in [-0.3, -0.25) is 14.4 Å². The lowest BCUT2D eigenvalue weighted by atomic mass is 9.98. The molecule has 4 rings (SSSR count). The normalized spacial score (nSPS) is 15.5. The van der Waals surface area contributed by atoms with Crippen LogP contribution in [0.2, 0.25) is 0 Å². The van der Waals surface area contributed by atoms with Crippen molar-refractivity contribution < 1.29 is 18.7 Å². The van der Waals surface area contributed by atoms with Crippen LogP contribution in [0, 0.1) is 6.92 Å². The third-order valence-electron chi connectivity index (χ3n) is 6.63. The first kappa shape index (κ1) is 25.3. The van der Waals surface area contributed by atoms with Gasteiger partial charge in [0, 0.05) is 31.5 Å². The molecule has 0 spiro atoms. The fourth-order valence-electron chi connectivity index (χ4n) is 4.71. The Balaban J connectivity index is 1.69. The molecule has 2 amide bonds. The van der Waals surface area contributed by atoms with Crippen LogP contribution in [-0.4, -0.2) is 41.0 Å². The molecule has 1 saturated heterocycles. The van der Waals surface area contributed by atoms with Crippen molar-refractivity contribution in [2.24, 2.45) is 0 Å². The van der Waals surface area contributed by atoms with Crippen molar-refractivity contribution in [2.45, 2.75) is 58.7 Å². The molecule has 1 atom stereocenters. The summed E-state index contributed by atoms with van der Waals surface area (Å²) in [5.41, 5.74) is 0.297. The third kappa shape index (κ3) is 5.70. The summed E-state index contributed by atoms with van der Waals surface area (Å²) in [7, 11) is 1.60. The minimum absolute atomic E-state index is 0.0136. The van der Waals surface area contributed by atoms with Gasteiger partial charge in [-0.05, 0) is 62.4 Å². The zero-order chi connectivity index (χ0) is 25.7. The van der Waals surface area contributed by atoms with E-state index in [1.165, 1.54) is 6.20 Å². The Morgan fingerprint density at radius 3 is 2.67 bits per heavy atom. The number of hydrogen-bond donors (Lipinski definition) is 1. The summed E-state index contributed by atoms with van der Waals surface area (Å²) in [5.74, 6) is 1.16. The van der Waals surface area contributed by atoms with E-state index in [-0.39, 0.29) is 29.6 Å². The Morgan fingerprint density at radius 1 is 1.14 bits per heavy atom. The van der Waals surface area contributed by atoms with Crippen molar-refractivity contribution >= 4 is 11.8 Å². The second-order valence-corrected chi connectivity index (χ2v) is 9.19. The maximum Gasteiger partial charge on any atom is 0.259 e. The number of rotatable bonds is 8. The lowest BCUT2D eigenvalue weighted by molar-refractivity contribution is 0.0605. The van der Waals surface area contributed by atoms with Gasteiger partial charge in [-0.25, -0.2) is 0 Å². The molecule has 1 aliphatic rings. The van der Waals surface area contributed by atoms with E-state index in [9.17, 15) is 14.4 Å². The summed E-state index contributed by atoms with van der Waals surface area (Å²) >= 11 is 0. The van der Waals surface area contributed by atoms with Gasteiger partial charge in [-0.1, -0.05) is 19.1 Å². The molecule has 190 valence electrons. The van der Waals surface area contributed by atoms with Gasteiger partial charge >= 0.3 is 0 Å². The third-order valence-corrected chi connectivity index (χ3v) is 6.63. The molecule has 2 aromatic heterocycles. The second kappa shape index (κ2) is 11.3. The van der Waals surface area contributed by atoms with Crippen LogP contribution in [0.25, 0.3) is 0 Å². The summed E-state index contributed by atoms with van der Waals surface area (Å²) < 4.78 is 12.6. The Kier molecular flexibility index (Phi) is 7.93. The number of ether oxygens (including phenoxy) is 1. The van der Waals surface area contributed by atoms with Gasteiger partial charge in [0.1, 0.15) is 28.4 Å². The quantitative estimate of drug-likeness (QED) is 0.511. The van der Waals surface area contributed by atoms with Crippen LogP contribution in [0.15, 0.2) is 58.0 Å². The number of furan rings is 1. The van der Waals surface area contributed by atoms with E-state index in [1.807, 2.05) is 37.3 Å². The average molecular weight is 492 g/mol. The number of hydrogen-bond acceptors (Lipinski definition) is 5. The average Bonchev–Trinajstić information content (AvgIpc) is 3.32. The molecule has 0 saturated carbocycles. The summed E-state index contributed by atoms with van der Waals surface area (Å²) in [6, 6.07) is 11.2. The number of carbonyl (C=O) groups excluding carboxylic acids is 2. The fraction of sp³-hybridized carbons (Fsp3) is 0.393. The molecule has 3 heterocycles. The summed E-state index contributed by atoms with van der Waals surface area (Å²) in [5, 5.41) is 2.75. The van der Waals surface area contributed by atoms with Gasteiger partial charge in [0.25, 0.3) is 11.8 Å². The largest absolute Gasteiger partial charge is 0.497 e. The van der Waals surface area contributed by atoms with E-state index in [4.69, 9.17) is 9.15 Å². The van der Waals surface area contributed by atoms with Crippen molar-refractivity contribution in [3.8, 4) is 5.75 Å². The highest BCUT2D eigenvalue weighted by molar-refractivity contribution is 5.99. The number of piperidine rings is 1. The number of pyridine rings is 1. The molecular formula is C28H33N3O5. The molecule has 36 heavy (non-hydrogen) atoms. The van der Waals surface area contributed by atoms with Crippen molar-refractivity contribution in [2.75, 3.05) is 13.7 Å². The van der Waals surface area contributed by atoms with Crippen molar-refractivity contribution in [1.29, 1.82) is 0 Å². The molecule has 0 bridgehead atoms. The lowest BCUT2D eigenvalue weighted by Crippen LogP contribution is -2.45. The maximum atomic E-state index is 13.6. The number of benzene rings is 1. The molecule has 1 aromatic carbocycles. The summed E-state index contributed by atoms with van der Waals surface area (Å²) in [4.78, 5) is 41.9. The first-order valence-corrected chi connectivity index (χ1v) is 12.4. The van der Waals surface area contributed by atoms with Crippen LogP contribution in [0.5, 0.6) is 5.75 Å². The number of nitrogens with zero attached hydrogens (tertiary/aromatic N) is 2. The van der Waals surface area contributed by atoms with Crippen LogP contribution in [0.4, 0.5) is 0 Å². The maximum absolute atomic E-state index is 13.6. The highest BCUT2D eigenvalue weighted by Crippen LogP contribution is 2.21. The van der Waals surface area contributed by atoms with Gasteiger partial charge in [-0.15, -0.1) is 0 Å². The predicted octanol–water partition coefficient (Wildman–Crippen LogP) is 4.14. The van der Waals surface area contributed by atoms with E-state index in [2.05, 4.69) is 12.2 Å². The van der Waals surface area contributed by atoms with Crippen LogP contribution in [0.3, 0.4) is 0 Å². The summed E-state index contributed by atoms with van der Waals surface area (Å²) in [6.07, 6.45) is 6.79. The lowest BCUT2D eigenvalue weighted by Gasteiger charge is -2.35. The van der Waals surface area contributed by atoms with Gasteiger partial charge in [0.05, 0.1) is 13.7 Å². The number of methoxy groups -OCH3 is 1. The Hall–Kier alpha value is -3.81. The molecule has 0 aliphatic carbocycles. The minimum atomic E-state index is -0.560. The number of carbonyl (C=O) groups is 2. The molecule has 8 heteroatoms. The van der Waals surface area contributed by atoms with E-state index in [0.29, 0.717) is 24.6 Å². The monoisotopic (exact) mass is 491 g/mol. The van der Waals surface area contributed by atoms with E-state index < -0.39 is 11.3 Å². The molecule has 1 N–H and O–H groups in total. The Labute approximate surface area is 210 Å². The van der Waals surface area contributed by atoms with Crippen LogP contribution in [-0.2, 0) is 13.1 Å². The zero-order valence-electron chi connectivity index (χ0n) is 21.1. The number of likely N-dealkylation sites (tertiary alicyclic amines) is 1. The van der Waals surface area contributed by atoms with Crippen LogP contribution in [0.1, 0.15) is 70.4 Å². The van der Waals surface area contributed by atoms with Crippen molar-refractivity contribution in [3.05, 3.63) is 87.2 Å². The predicted molar refractivity (Wildman–Crippen MR) is 136 cm³/mol. The number of amides is 2. The smallest absolute Gasteiger partial charge is 0.259 e. The first-order valence-electron chi connectivity index (χ1n) is 12.4. The molecule has 8 nitrogen and oxygen atoms in total. The van der Waals surface area contributed by atoms with E-state index in [0.717, 1.165) is 37.0 Å². The Morgan fingerprint density at radius 2 is 1.94 bits per heavy atom. The first-order chi connectivity index (χ1) is 17.4. The zero-order valence-corrected chi connectivity index (χ0v) is 21.1. The van der Waals surface area contributed by atoms with E-state index >= 15 is 0 Å². The number of aryl methyl sites for hydroxylation is 1. The van der Waals surface area contributed by atoms with Crippen LogP contribution >= 0.6 is 0 Å². The van der Waals surface area contributed by atoms with E-state index in [1.54, 1.807) is 28.8 Å². The number of nitrogens with one attached hydrogen (secondary N) is 1. The van der Waals surface area contributed by atoms with Crippen molar-refractivity contribution in [3.63, 3.8) is 0 Å². The fourth-order valence-corrected chi connectivity index (χ4v) is 4.71.